The van der Waals surface area contributed by atoms with Crippen molar-refractivity contribution in [3.8, 4) is 28.4 Å². The van der Waals surface area contributed by atoms with E-state index in [4.69, 9.17) is 58.6 Å². The molecule has 2 aromatic carbocycles. The number of anilines is 2. The zero-order valence-electron chi connectivity index (χ0n) is 35.7. The summed E-state index contributed by atoms with van der Waals surface area (Å²) in [6.45, 7) is 4.79. The number of hydrogen-bond acceptors (Lipinski definition) is 14. The zero-order chi connectivity index (χ0) is 46.1. The van der Waals surface area contributed by atoms with E-state index in [1.54, 1.807) is 30.3 Å². The van der Waals surface area contributed by atoms with Crippen molar-refractivity contribution >= 4 is 85.7 Å². The minimum absolute atomic E-state index is 0.0150. The van der Waals surface area contributed by atoms with Crippen LogP contribution in [0.2, 0.25) is 10.0 Å². The number of rotatable bonds is 13. The molecule has 3 aliphatic heterocycles. The van der Waals surface area contributed by atoms with Gasteiger partial charge in [-0.3, -0.25) is 9.48 Å². The van der Waals surface area contributed by atoms with Gasteiger partial charge in [-0.25, -0.2) is 29.1 Å². The van der Waals surface area contributed by atoms with Crippen molar-refractivity contribution in [3.63, 3.8) is 0 Å². The summed E-state index contributed by atoms with van der Waals surface area (Å²) in [6, 6.07) is 8.23. The number of nitrogens with two attached hydrogens (primary N) is 2. The second-order valence-corrected chi connectivity index (χ2v) is 18.9. The van der Waals surface area contributed by atoms with Crippen molar-refractivity contribution in [2.45, 2.75) is 74.2 Å². The van der Waals surface area contributed by atoms with Gasteiger partial charge in [-0.15, -0.1) is 0 Å². The number of hydrogen-bond donors (Lipinski definition) is 2. The summed E-state index contributed by atoms with van der Waals surface area (Å²) in [5.74, 6) is 1.88. The van der Waals surface area contributed by atoms with Crippen LogP contribution < -0.4 is 25.7 Å². The molecule has 2 fully saturated rings. The number of ether oxygens (including phenoxy) is 4. The molecular formula is C44H45BrCl2FN11O6S. The molecule has 22 heteroatoms. The predicted octanol–water partition coefficient (Wildman–Crippen LogP) is 8.97. The second kappa shape index (κ2) is 19.7. The van der Waals surface area contributed by atoms with Crippen LogP contribution in [-0.4, -0.2) is 95.7 Å². The molecule has 346 valence electrons. The molecule has 3 aliphatic rings. The van der Waals surface area contributed by atoms with Crippen LogP contribution in [0, 0.1) is 11.7 Å². The minimum atomic E-state index is -0.715. The van der Waals surface area contributed by atoms with E-state index < -0.39 is 18.0 Å². The van der Waals surface area contributed by atoms with Gasteiger partial charge < -0.3 is 44.8 Å². The van der Waals surface area contributed by atoms with E-state index in [2.05, 4.69) is 40.5 Å². The molecule has 0 radical (unpaired) electrons. The third-order valence-electron chi connectivity index (χ3n) is 12.1. The minimum Gasteiger partial charge on any atom is -0.482 e. The average molecular weight is 1030 g/mol. The zero-order valence-corrected chi connectivity index (χ0v) is 39.6. The van der Waals surface area contributed by atoms with Gasteiger partial charge in [-0.1, -0.05) is 35.0 Å². The van der Waals surface area contributed by atoms with Gasteiger partial charge >= 0.3 is 6.09 Å². The van der Waals surface area contributed by atoms with Gasteiger partial charge in [0, 0.05) is 76.2 Å². The van der Waals surface area contributed by atoms with Crippen molar-refractivity contribution in [2.75, 3.05) is 51.0 Å². The lowest BCUT2D eigenvalue weighted by molar-refractivity contribution is -0.133. The molecule has 6 aromatic rings. The quantitative estimate of drug-likeness (QED) is 0.104. The third kappa shape index (κ3) is 9.77. The van der Waals surface area contributed by atoms with Crippen molar-refractivity contribution < 1.29 is 32.9 Å². The molecule has 4 aromatic heterocycles. The number of fused-ring (bicyclic) bond motifs is 2. The Bertz CT molecular complexity index is 2790. The lowest BCUT2D eigenvalue weighted by Gasteiger charge is -2.33. The monoisotopic (exact) mass is 1020 g/mol. The fraction of sp³-hybridized carbons (Fsp3) is 0.386. The van der Waals surface area contributed by atoms with Crippen molar-refractivity contribution in [3.05, 3.63) is 81.1 Å². The first-order valence-corrected chi connectivity index (χ1v) is 23.8. The lowest BCUT2D eigenvalue weighted by Crippen LogP contribution is -2.41. The van der Waals surface area contributed by atoms with E-state index >= 15 is 0 Å². The van der Waals surface area contributed by atoms with E-state index in [9.17, 15) is 14.0 Å². The molecular weight excluding hydrogens is 980 g/mol. The Labute approximate surface area is 401 Å². The van der Waals surface area contributed by atoms with Crippen LogP contribution in [0.25, 0.3) is 22.3 Å². The molecule has 9 rings (SSSR count). The number of aryl methyl sites for hydroxylation is 1. The number of nitrogen functional groups attached to an aromatic ring is 2. The molecule has 1 atom stereocenters. The fourth-order valence-electron chi connectivity index (χ4n) is 8.42. The average Bonchev–Trinajstić information content (AvgIpc) is 4.08. The summed E-state index contributed by atoms with van der Waals surface area (Å²) in [6.07, 6.45) is 9.62. The fourth-order valence-corrected chi connectivity index (χ4v) is 10.6. The van der Waals surface area contributed by atoms with Gasteiger partial charge in [0.05, 0.1) is 23.7 Å². The Balaban J connectivity index is 0.713. The van der Waals surface area contributed by atoms with E-state index in [1.807, 2.05) is 27.9 Å². The van der Waals surface area contributed by atoms with Crippen molar-refractivity contribution in [1.82, 2.24) is 44.1 Å². The molecule has 2 amide bonds. The number of carbonyl (C=O) groups is 2. The molecule has 4 N–H and O–H groups in total. The maximum absolute atomic E-state index is 14.2. The summed E-state index contributed by atoms with van der Waals surface area (Å²) < 4.78 is 41.8. The maximum Gasteiger partial charge on any atom is 0.409 e. The van der Waals surface area contributed by atoms with Crippen molar-refractivity contribution in [2.24, 2.45) is 5.92 Å². The lowest BCUT2D eigenvalue weighted by atomic mass is 9.93. The molecule has 0 bridgehead atoms. The number of nitrogens with zero attached hydrogens (tertiary/aromatic N) is 9. The van der Waals surface area contributed by atoms with E-state index in [-0.39, 0.29) is 53.4 Å². The van der Waals surface area contributed by atoms with Gasteiger partial charge in [0.25, 0.3) is 0 Å². The highest BCUT2D eigenvalue weighted by Crippen LogP contribution is 2.44. The van der Waals surface area contributed by atoms with E-state index in [1.165, 1.54) is 30.2 Å². The molecule has 1 unspecified atom stereocenters. The topological polar surface area (TPSA) is 204 Å². The van der Waals surface area contributed by atoms with Gasteiger partial charge in [0.15, 0.2) is 45.2 Å². The molecule has 2 saturated heterocycles. The van der Waals surface area contributed by atoms with Gasteiger partial charge in [-0.2, -0.15) is 5.10 Å². The standard InChI is InChI=1S/C44H45BrCl2FN11O6S/c1-24(37-30(46)2-3-31(48)38(37)47)65-34-16-26(19-51-40(34)49)27-20-54-59(21-27)28-7-12-57(13-8-28)44(61)62-15-9-36(60)56-10-4-25(5-11-56)6-14-58-42-39(41(50)52-22-53-42)55-43(58)66-35-18-33-32(17-29(35)45)63-23-64-33/h2-3,16-22,24-25,28H,4-15,23H2,1H3,(H2,49,51)(H2,50,52,53). The molecule has 0 saturated carbocycles. The number of aromatic nitrogens is 7. The summed E-state index contributed by atoms with van der Waals surface area (Å²) in [4.78, 5) is 48.5. The normalized spacial score (nSPS) is 16.0. The first-order valence-electron chi connectivity index (χ1n) is 21.4. The second-order valence-electron chi connectivity index (χ2n) is 16.2. The predicted molar refractivity (Wildman–Crippen MR) is 249 cm³/mol. The molecule has 66 heavy (non-hydrogen) atoms. The number of pyridine rings is 1. The Morgan fingerprint density at radius 3 is 2.52 bits per heavy atom. The van der Waals surface area contributed by atoms with E-state index in [0.29, 0.717) is 91.1 Å². The SMILES string of the molecule is CC(Oc1cc(-c2cnn(C3CCN(C(=O)OCCC(=O)N4CCC(CCn5c(Sc6cc7c(cc6Br)OCO7)nc6c(N)ncnc65)CC4)CC3)c2)cnc1N)c1c(Cl)ccc(F)c1Cl. The van der Waals surface area contributed by atoms with Crippen LogP contribution >= 0.6 is 50.9 Å². The number of benzene rings is 2. The molecule has 0 spiro atoms. The van der Waals surface area contributed by atoms with Gasteiger partial charge in [0.2, 0.25) is 12.7 Å². The Morgan fingerprint density at radius 2 is 1.73 bits per heavy atom. The number of amides is 2. The van der Waals surface area contributed by atoms with Crippen LogP contribution in [0.1, 0.15) is 63.2 Å². The Morgan fingerprint density at radius 1 is 0.970 bits per heavy atom. The first-order chi connectivity index (χ1) is 31.9. The first kappa shape index (κ1) is 45.6. The summed E-state index contributed by atoms with van der Waals surface area (Å²) in [7, 11) is 0. The largest absolute Gasteiger partial charge is 0.482 e. The highest BCUT2D eigenvalue weighted by atomic mass is 79.9. The van der Waals surface area contributed by atoms with Crippen LogP contribution in [-0.2, 0) is 16.1 Å². The maximum atomic E-state index is 14.2. The van der Waals surface area contributed by atoms with Crippen LogP contribution in [0.4, 0.5) is 20.8 Å². The van der Waals surface area contributed by atoms with Gasteiger partial charge in [-0.05, 0) is 91.2 Å². The highest BCUT2D eigenvalue weighted by Gasteiger charge is 2.28. The highest BCUT2D eigenvalue weighted by molar-refractivity contribution is 9.10. The number of halogens is 4. The van der Waals surface area contributed by atoms with Crippen molar-refractivity contribution in [1.29, 1.82) is 0 Å². The number of imidazole rings is 1. The van der Waals surface area contributed by atoms with Gasteiger partial charge in [0.1, 0.15) is 24.9 Å². The molecule has 0 aliphatic carbocycles. The van der Waals surface area contributed by atoms with Crippen LogP contribution in [0.15, 0.2) is 69.8 Å². The number of piperidine rings is 2. The summed E-state index contributed by atoms with van der Waals surface area (Å²) in [5, 5.41) is 5.49. The third-order valence-corrected chi connectivity index (χ3v) is 14.8. The number of carbonyl (C=O) groups excluding carboxylic acids is 2. The number of likely N-dealkylation sites (tertiary alicyclic amines) is 2. The Kier molecular flexibility index (Phi) is 13.6. The summed E-state index contributed by atoms with van der Waals surface area (Å²) in [5.41, 5.74) is 15.4. The smallest absolute Gasteiger partial charge is 0.409 e. The Hall–Kier alpha value is -5.57. The van der Waals surface area contributed by atoms with Crippen LogP contribution in [0.3, 0.4) is 0 Å². The summed E-state index contributed by atoms with van der Waals surface area (Å²) >= 11 is 17.7. The van der Waals surface area contributed by atoms with Crippen LogP contribution in [0.5, 0.6) is 17.2 Å². The molecule has 7 heterocycles. The molecule has 17 nitrogen and oxygen atoms in total. The van der Waals surface area contributed by atoms with E-state index in [0.717, 1.165) is 39.4 Å².